The van der Waals surface area contributed by atoms with Gasteiger partial charge in [0.1, 0.15) is 6.33 Å². The number of amides is 1. The predicted molar refractivity (Wildman–Crippen MR) is 116 cm³/mol. The van der Waals surface area contributed by atoms with Gasteiger partial charge < -0.3 is 19.9 Å². The van der Waals surface area contributed by atoms with Gasteiger partial charge in [-0.05, 0) is 23.3 Å². The molecule has 2 heterocycles. The van der Waals surface area contributed by atoms with E-state index in [1.165, 1.54) is 13.3 Å². The molecule has 2 aromatic carbocycles. The first kappa shape index (κ1) is 21.5. The van der Waals surface area contributed by atoms with Gasteiger partial charge in [-0.2, -0.15) is 5.10 Å². The Bertz CT molecular complexity index is 980. The second-order valence-electron chi connectivity index (χ2n) is 7.25. The minimum atomic E-state index is -0.539. The summed E-state index contributed by atoms with van der Waals surface area (Å²) in [6, 6.07) is 15.2. The molecule has 1 fully saturated rings. The molecule has 3 atom stereocenters. The lowest BCUT2D eigenvalue weighted by atomic mass is 10.0. The summed E-state index contributed by atoms with van der Waals surface area (Å²) < 4.78 is 12.6. The number of H-pyrrole nitrogens is 1. The molecule has 1 aliphatic rings. The van der Waals surface area contributed by atoms with E-state index in [2.05, 4.69) is 20.5 Å². The van der Waals surface area contributed by atoms with Gasteiger partial charge in [0.25, 0.3) is 0 Å². The van der Waals surface area contributed by atoms with Crippen LogP contribution in [-0.4, -0.2) is 38.1 Å². The topological polar surface area (TPSA) is 109 Å². The number of aliphatic hydroxyl groups excluding tert-OH is 1. The van der Waals surface area contributed by atoms with Crippen molar-refractivity contribution in [3.8, 4) is 0 Å². The Morgan fingerprint density at radius 2 is 1.90 bits per heavy atom. The molecular weight excluding hydrogens is 416 g/mol. The van der Waals surface area contributed by atoms with Crippen LogP contribution in [0.3, 0.4) is 0 Å². The Kier molecular flexibility index (Phi) is 6.98. The van der Waals surface area contributed by atoms with Crippen molar-refractivity contribution in [3.63, 3.8) is 0 Å². The number of ether oxygens (including phenoxy) is 2. The fourth-order valence-corrected chi connectivity index (χ4v) is 4.18. The summed E-state index contributed by atoms with van der Waals surface area (Å²) in [5.74, 6) is 0.582. The lowest BCUT2D eigenvalue weighted by Crippen LogP contribution is -2.31. The summed E-state index contributed by atoms with van der Waals surface area (Å²) in [6.45, 7) is 1.49. The molecule has 162 valence electrons. The van der Waals surface area contributed by atoms with Crippen LogP contribution in [0.4, 0.5) is 5.69 Å². The maximum absolute atomic E-state index is 11.3. The summed E-state index contributed by atoms with van der Waals surface area (Å²) in [7, 11) is 0. The third kappa shape index (κ3) is 5.71. The average molecular weight is 441 g/mol. The minimum absolute atomic E-state index is 0.00857. The number of nitrogens with one attached hydrogen (secondary N) is 2. The Balaban J connectivity index is 1.52. The molecule has 1 aliphatic heterocycles. The molecule has 8 nitrogen and oxygen atoms in total. The third-order valence-electron chi connectivity index (χ3n) is 4.92. The molecule has 0 unspecified atom stereocenters. The van der Waals surface area contributed by atoms with Gasteiger partial charge >= 0.3 is 0 Å². The lowest BCUT2D eigenvalue weighted by molar-refractivity contribution is -0.245. The normalized spacial score (nSPS) is 21.0. The van der Waals surface area contributed by atoms with E-state index in [1.807, 2.05) is 48.5 Å². The third-order valence-corrected chi connectivity index (χ3v) is 5.93. The molecule has 1 aromatic heterocycles. The SMILES string of the molecule is CC(=O)Nc1ccc([C@@H]2O[C@H](CSc3ncn[nH]3)C[C@H](c3ccc(CO)cc3)O2)cc1. The number of carbonyl (C=O) groups is 1. The Morgan fingerprint density at radius 3 is 2.55 bits per heavy atom. The van der Waals surface area contributed by atoms with E-state index in [1.54, 1.807) is 11.8 Å². The van der Waals surface area contributed by atoms with Crippen molar-refractivity contribution in [1.29, 1.82) is 0 Å². The largest absolute Gasteiger partial charge is 0.392 e. The van der Waals surface area contributed by atoms with Crippen LogP contribution in [-0.2, 0) is 20.9 Å². The zero-order valence-electron chi connectivity index (χ0n) is 17.0. The number of aliphatic hydroxyl groups is 1. The first-order valence-corrected chi connectivity index (χ1v) is 11.0. The van der Waals surface area contributed by atoms with E-state index in [0.717, 1.165) is 27.5 Å². The Hall–Kier alpha value is -2.72. The number of aromatic nitrogens is 3. The van der Waals surface area contributed by atoms with E-state index in [-0.39, 0.29) is 24.7 Å². The van der Waals surface area contributed by atoms with Gasteiger partial charge in [-0.3, -0.25) is 9.89 Å². The molecule has 0 spiro atoms. The summed E-state index contributed by atoms with van der Waals surface area (Å²) >= 11 is 1.55. The van der Waals surface area contributed by atoms with Crippen LogP contribution in [0.25, 0.3) is 0 Å². The highest BCUT2D eigenvalue weighted by Crippen LogP contribution is 2.39. The summed E-state index contributed by atoms with van der Waals surface area (Å²) in [6.07, 6.45) is 1.43. The highest BCUT2D eigenvalue weighted by molar-refractivity contribution is 7.99. The lowest BCUT2D eigenvalue weighted by Gasteiger charge is -2.36. The molecule has 0 radical (unpaired) electrons. The number of benzene rings is 2. The predicted octanol–water partition coefficient (Wildman–Crippen LogP) is 3.59. The number of nitrogens with zero attached hydrogens (tertiary/aromatic N) is 2. The Labute approximate surface area is 184 Å². The number of anilines is 1. The van der Waals surface area contributed by atoms with Crippen molar-refractivity contribution in [2.75, 3.05) is 11.1 Å². The van der Waals surface area contributed by atoms with Crippen LogP contribution in [0, 0.1) is 0 Å². The average Bonchev–Trinajstić information content (AvgIpc) is 3.31. The molecule has 31 heavy (non-hydrogen) atoms. The van der Waals surface area contributed by atoms with E-state index in [4.69, 9.17) is 9.47 Å². The number of rotatable bonds is 7. The summed E-state index contributed by atoms with van der Waals surface area (Å²) in [5, 5.41) is 19.6. The quantitative estimate of drug-likeness (QED) is 0.482. The van der Waals surface area contributed by atoms with Crippen LogP contribution in [0.15, 0.2) is 60.0 Å². The van der Waals surface area contributed by atoms with Crippen LogP contribution >= 0.6 is 11.8 Å². The van der Waals surface area contributed by atoms with Crippen molar-refractivity contribution >= 4 is 23.4 Å². The van der Waals surface area contributed by atoms with Crippen LogP contribution < -0.4 is 5.32 Å². The second kappa shape index (κ2) is 10.1. The van der Waals surface area contributed by atoms with Crippen molar-refractivity contribution in [3.05, 3.63) is 71.5 Å². The van der Waals surface area contributed by atoms with Gasteiger partial charge in [-0.15, -0.1) is 0 Å². The van der Waals surface area contributed by atoms with Crippen LogP contribution in [0.5, 0.6) is 0 Å². The monoisotopic (exact) mass is 440 g/mol. The van der Waals surface area contributed by atoms with Gasteiger partial charge in [0.2, 0.25) is 5.91 Å². The number of hydrogen-bond acceptors (Lipinski definition) is 7. The molecule has 3 aromatic rings. The highest BCUT2D eigenvalue weighted by Gasteiger charge is 2.32. The molecule has 0 bridgehead atoms. The van der Waals surface area contributed by atoms with Crippen molar-refractivity contribution in [1.82, 2.24) is 15.2 Å². The molecule has 1 amide bonds. The van der Waals surface area contributed by atoms with Crippen molar-refractivity contribution in [2.45, 2.75) is 43.6 Å². The summed E-state index contributed by atoms with van der Waals surface area (Å²) in [5.41, 5.74) is 3.49. The van der Waals surface area contributed by atoms with Crippen molar-refractivity contribution in [2.24, 2.45) is 0 Å². The zero-order valence-corrected chi connectivity index (χ0v) is 17.8. The summed E-state index contributed by atoms with van der Waals surface area (Å²) in [4.78, 5) is 15.4. The molecule has 1 saturated heterocycles. The standard InChI is InChI=1S/C22H24N4O4S/c1-14(28)25-18-8-6-17(7-9-18)21-29-19(12-31-22-23-13-24-26-22)10-20(30-21)16-4-2-15(11-27)3-5-16/h2-9,13,19-21,27H,10-12H2,1H3,(H,25,28)(H,23,24,26)/t19-,20+,21+/m0/s1. The zero-order chi connectivity index (χ0) is 21.6. The Morgan fingerprint density at radius 1 is 1.16 bits per heavy atom. The van der Waals surface area contributed by atoms with Crippen LogP contribution in [0.2, 0.25) is 0 Å². The molecule has 0 saturated carbocycles. The number of thioether (sulfide) groups is 1. The fraction of sp³-hybridized carbons (Fsp3) is 0.318. The van der Waals surface area contributed by atoms with Crippen molar-refractivity contribution < 1.29 is 19.4 Å². The maximum atomic E-state index is 11.3. The van der Waals surface area contributed by atoms with Gasteiger partial charge in [0.15, 0.2) is 11.4 Å². The smallest absolute Gasteiger partial charge is 0.221 e. The van der Waals surface area contributed by atoms with Gasteiger partial charge in [0, 0.05) is 30.3 Å². The maximum Gasteiger partial charge on any atom is 0.221 e. The first-order valence-electron chi connectivity index (χ1n) is 9.97. The number of aromatic amines is 1. The molecule has 0 aliphatic carbocycles. The minimum Gasteiger partial charge on any atom is -0.392 e. The van der Waals surface area contributed by atoms with Gasteiger partial charge in [0.05, 0.1) is 18.8 Å². The second-order valence-corrected chi connectivity index (χ2v) is 8.26. The van der Waals surface area contributed by atoms with E-state index in [9.17, 15) is 9.90 Å². The highest BCUT2D eigenvalue weighted by atomic mass is 32.2. The molecule has 4 rings (SSSR count). The van der Waals surface area contributed by atoms with E-state index in [0.29, 0.717) is 12.2 Å². The first-order chi connectivity index (χ1) is 15.1. The van der Waals surface area contributed by atoms with E-state index < -0.39 is 6.29 Å². The molecule has 9 heteroatoms. The van der Waals surface area contributed by atoms with Gasteiger partial charge in [-0.25, -0.2) is 4.98 Å². The van der Waals surface area contributed by atoms with Gasteiger partial charge in [-0.1, -0.05) is 48.2 Å². The number of hydrogen-bond donors (Lipinski definition) is 3. The molecular formula is C22H24N4O4S. The number of carbonyl (C=O) groups excluding carboxylic acids is 1. The van der Waals surface area contributed by atoms with E-state index >= 15 is 0 Å². The molecule has 3 N–H and O–H groups in total. The van der Waals surface area contributed by atoms with Crippen LogP contribution in [0.1, 0.15) is 42.4 Å². The fourth-order valence-electron chi connectivity index (χ4n) is 3.39.